The van der Waals surface area contributed by atoms with Gasteiger partial charge in [-0.1, -0.05) is 88.5 Å². The molecule has 0 radical (unpaired) electrons. The standard InChI is InChI=1S/C25H44O/c1-6-7-8-9-10-12-15-18-23(4)19-16-13-11-14-17-20-25(22(2)3)21-24(5)26/h14,17,25-26H,2,4-13,15-16,18-21H2,1,3H3/b17-14+. The number of unbranched alkanes of at least 4 members (excludes halogenated alkanes) is 8. The molecule has 0 aliphatic heterocycles. The van der Waals surface area contributed by atoms with Crippen molar-refractivity contribution in [1.29, 1.82) is 0 Å². The first kappa shape index (κ1) is 24.8. The summed E-state index contributed by atoms with van der Waals surface area (Å²) in [5, 5.41) is 9.35. The van der Waals surface area contributed by atoms with Gasteiger partial charge in [-0.05, 0) is 57.8 Å². The second kappa shape index (κ2) is 17.2. The van der Waals surface area contributed by atoms with Crippen molar-refractivity contribution in [1.82, 2.24) is 0 Å². The van der Waals surface area contributed by atoms with Crippen LogP contribution >= 0.6 is 0 Å². The molecule has 0 aliphatic carbocycles. The summed E-state index contributed by atoms with van der Waals surface area (Å²) in [5.41, 5.74) is 2.55. The SMILES string of the molecule is C=C(O)CC(C/C=C/CCCCC(=C)CCCCCCCCC)C(=C)C. The summed E-state index contributed by atoms with van der Waals surface area (Å²) >= 11 is 0. The third kappa shape index (κ3) is 16.2. The molecule has 0 amide bonds. The fourth-order valence-electron chi connectivity index (χ4n) is 3.22. The lowest BCUT2D eigenvalue weighted by atomic mass is 9.93. The van der Waals surface area contributed by atoms with Crippen LogP contribution in [0, 0.1) is 5.92 Å². The Labute approximate surface area is 164 Å². The predicted octanol–water partition coefficient (Wildman–Crippen LogP) is 8.84. The molecular formula is C25H44O. The lowest BCUT2D eigenvalue weighted by Crippen LogP contribution is -2.01. The number of aliphatic hydroxyl groups is 1. The Morgan fingerprint density at radius 2 is 1.42 bits per heavy atom. The van der Waals surface area contributed by atoms with Gasteiger partial charge in [-0.15, -0.1) is 0 Å². The van der Waals surface area contributed by atoms with Crippen molar-refractivity contribution in [2.24, 2.45) is 5.92 Å². The number of aliphatic hydroxyl groups excluding tert-OH is 1. The first-order valence-electron chi connectivity index (χ1n) is 10.8. The maximum Gasteiger partial charge on any atom is 0.0857 e. The third-order valence-corrected chi connectivity index (χ3v) is 5.05. The molecule has 1 nitrogen and oxygen atoms in total. The van der Waals surface area contributed by atoms with Gasteiger partial charge in [0, 0.05) is 6.42 Å². The Kier molecular flexibility index (Phi) is 16.4. The molecule has 0 saturated carbocycles. The van der Waals surface area contributed by atoms with Crippen molar-refractivity contribution in [3.8, 4) is 0 Å². The summed E-state index contributed by atoms with van der Waals surface area (Å²) in [7, 11) is 0. The van der Waals surface area contributed by atoms with Crippen molar-refractivity contribution in [2.45, 2.75) is 104 Å². The van der Waals surface area contributed by atoms with Crippen LogP contribution < -0.4 is 0 Å². The van der Waals surface area contributed by atoms with E-state index in [1.807, 2.05) is 6.92 Å². The zero-order valence-corrected chi connectivity index (χ0v) is 17.7. The number of rotatable bonds is 18. The summed E-state index contributed by atoms with van der Waals surface area (Å²) in [6, 6.07) is 0. The molecule has 0 fully saturated rings. The Balaban J connectivity index is 3.59. The summed E-state index contributed by atoms with van der Waals surface area (Å²) in [5.74, 6) is 0.566. The van der Waals surface area contributed by atoms with Crippen LogP contribution in [-0.4, -0.2) is 5.11 Å². The smallest absolute Gasteiger partial charge is 0.0857 e. The van der Waals surface area contributed by atoms with Gasteiger partial charge in [-0.3, -0.25) is 0 Å². The van der Waals surface area contributed by atoms with Crippen LogP contribution in [0.2, 0.25) is 0 Å². The molecule has 26 heavy (non-hydrogen) atoms. The average molecular weight is 361 g/mol. The highest BCUT2D eigenvalue weighted by molar-refractivity contribution is 5.04. The van der Waals surface area contributed by atoms with E-state index in [0.717, 1.165) is 18.4 Å². The lowest BCUT2D eigenvalue weighted by Gasteiger charge is -2.13. The summed E-state index contributed by atoms with van der Waals surface area (Å²) in [6.45, 7) is 16.1. The van der Waals surface area contributed by atoms with E-state index in [0.29, 0.717) is 12.3 Å². The minimum Gasteiger partial charge on any atom is -0.513 e. The summed E-state index contributed by atoms with van der Waals surface area (Å²) in [4.78, 5) is 0. The van der Waals surface area contributed by atoms with E-state index >= 15 is 0 Å². The molecule has 0 bridgehead atoms. The molecule has 0 aromatic rings. The van der Waals surface area contributed by atoms with Gasteiger partial charge in [0.05, 0.1) is 5.76 Å². The Hall–Kier alpha value is -1.24. The van der Waals surface area contributed by atoms with Gasteiger partial charge < -0.3 is 5.11 Å². The molecule has 0 spiro atoms. The van der Waals surface area contributed by atoms with E-state index in [9.17, 15) is 5.11 Å². The highest BCUT2D eigenvalue weighted by Gasteiger charge is 2.08. The minimum atomic E-state index is 0.255. The quantitative estimate of drug-likeness (QED) is 0.147. The Morgan fingerprint density at radius 3 is 2.00 bits per heavy atom. The summed E-state index contributed by atoms with van der Waals surface area (Å²) in [6.07, 6.45) is 21.7. The lowest BCUT2D eigenvalue weighted by molar-refractivity contribution is 0.366. The van der Waals surface area contributed by atoms with Crippen LogP contribution in [-0.2, 0) is 0 Å². The van der Waals surface area contributed by atoms with Gasteiger partial charge in [0.2, 0.25) is 0 Å². The third-order valence-electron chi connectivity index (χ3n) is 5.05. The van der Waals surface area contributed by atoms with E-state index in [1.165, 1.54) is 76.2 Å². The molecule has 1 atom stereocenters. The highest BCUT2D eigenvalue weighted by atomic mass is 16.3. The molecule has 0 heterocycles. The number of hydrogen-bond donors (Lipinski definition) is 1. The fourth-order valence-corrected chi connectivity index (χ4v) is 3.22. The van der Waals surface area contributed by atoms with Crippen LogP contribution in [0.25, 0.3) is 0 Å². The molecule has 1 heteroatoms. The van der Waals surface area contributed by atoms with E-state index in [4.69, 9.17) is 0 Å². The van der Waals surface area contributed by atoms with Gasteiger partial charge in [0.1, 0.15) is 0 Å². The summed E-state index contributed by atoms with van der Waals surface area (Å²) < 4.78 is 0. The van der Waals surface area contributed by atoms with E-state index in [1.54, 1.807) is 0 Å². The van der Waals surface area contributed by atoms with Crippen LogP contribution in [0.15, 0.2) is 48.8 Å². The minimum absolute atomic E-state index is 0.255. The molecule has 0 saturated heterocycles. The zero-order valence-electron chi connectivity index (χ0n) is 17.7. The van der Waals surface area contributed by atoms with E-state index < -0.39 is 0 Å². The second-order valence-corrected chi connectivity index (χ2v) is 7.89. The topological polar surface area (TPSA) is 20.2 Å². The van der Waals surface area contributed by atoms with Gasteiger partial charge in [0.25, 0.3) is 0 Å². The largest absolute Gasteiger partial charge is 0.513 e. The van der Waals surface area contributed by atoms with Gasteiger partial charge in [0.15, 0.2) is 0 Å². The fraction of sp³-hybridized carbons (Fsp3) is 0.680. The first-order chi connectivity index (χ1) is 12.5. The molecule has 150 valence electrons. The zero-order chi connectivity index (χ0) is 19.6. The highest BCUT2D eigenvalue weighted by Crippen LogP contribution is 2.21. The van der Waals surface area contributed by atoms with Gasteiger partial charge >= 0.3 is 0 Å². The maximum absolute atomic E-state index is 9.35. The van der Waals surface area contributed by atoms with Crippen molar-refractivity contribution in [3.05, 3.63) is 48.8 Å². The van der Waals surface area contributed by atoms with Crippen molar-refractivity contribution in [3.63, 3.8) is 0 Å². The van der Waals surface area contributed by atoms with Crippen molar-refractivity contribution < 1.29 is 5.11 Å². The average Bonchev–Trinajstić information content (AvgIpc) is 2.58. The molecule has 1 N–H and O–H groups in total. The van der Waals surface area contributed by atoms with Gasteiger partial charge in [-0.25, -0.2) is 0 Å². The van der Waals surface area contributed by atoms with Crippen molar-refractivity contribution in [2.75, 3.05) is 0 Å². The van der Waals surface area contributed by atoms with E-state index in [-0.39, 0.29) is 5.76 Å². The Morgan fingerprint density at radius 1 is 0.846 bits per heavy atom. The molecule has 0 aromatic carbocycles. The first-order valence-corrected chi connectivity index (χ1v) is 10.8. The van der Waals surface area contributed by atoms with E-state index in [2.05, 4.69) is 38.8 Å². The van der Waals surface area contributed by atoms with Crippen LogP contribution in [0.4, 0.5) is 0 Å². The van der Waals surface area contributed by atoms with Crippen molar-refractivity contribution >= 4 is 0 Å². The second-order valence-electron chi connectivity index (χ2n) is 7.89. The van der Waals surface area contributed by atoms with Crippen LogP contribution in [0.1, 0.15) is 104 Å². The monoisotopic (exact) mass is 360 g/mol. The molecule has 0 rings (SSSR count). The molecule has 0 aromatic heterocycles. The van der Waals surface area contributed by atoms with Crippen LogP contribution in [0.3, 0.4) is 0 Å². The van der Waals surface area contributed by atoms with Gasteiger partial charge in [-0.2, -0.15) is 0 Å². The molecule has 1 unspecified atom stereocenters. The number of hydrogen-bond acceptors (Lipinski definition) is 1. The Bertz CT molecular complexity index is 416. The number of allylic oxidation sites excluding steroid dienone is 5. The normalized spacial score (nSPS) is 12.4. The predicted molar refractivity (Wildman–Crippen MR) is 119 cm³/mol. The van der Waals surface area contributed by atoms with Crippen LogP contribution in [0.5, 0.6) is 0 Å². The maximum atomic E-state index is 9.35. The molecular weight excluding hydrogens is 316 g/mol. The molecule has 0 aliphatic rings.